The minimum atomic E-state index is -0.371. The highest BCUT2D eigenvalue weighted by Crippen LogP contribution is 2.20. The van der Waals surface area contributed by atoms with E-state index in [2.05, 4.69) is 45.3 Å². The summed E-state index contributed by atoms with van der Waals surface area (Å²) in [5.41, 5.74) is 1.04. The SMILES string of the molecule is CCC(CC)C(CNC(=O)c1cccc(NC(=O)c2ccc(Br)o2)c1)N1CCOCC1. The van der Waals surface area contributed by atoms with Gasteiger partial charge in [-0.3, -0.25) is 14.5 Å². The van der Waals surface area contributed by atoms with E-state index in [0.29, 0.717) is 28.4 Å². The van der Waals surface area contributed by atoms with Gasteiger partial charge in [0.15, 0.2) is 10.4 Å². The molecule has 0 bridgehead atoms. The Morgan fingerprint density at radius 1 is 1.10 bits per heavy atom. The van der Waals surface area contributed by atoms with Crippen molar-refractivity contribution in [1.29, 1.82) is 0 Å². The highest BCUT2D eigenvalue weighted by molar-refractivity contribution is 9.10. The lowest BCUT2D eigenvalue weighted by atomic mass is 9.92. The maximum atomic E-state index is 12.9. The number of halogens is 1. The lowest BCUT2D eigenvalue weighted by molar-refractivity contribution is 0.00191. The molecule has 1 atom stereocenters. The van der Waals surface area contributed by atoms with Gasteiger partial charge in [-0.15, -0.1) is 0 Å². The Morgan fingerprint density at radius 2 is 1.84 bits per heavy atom. The van der Waals surface area contributed by atoms with Gasteiger partial charge in [0.2, 0.25) is 0 Å². The molecule has 2 N–H and O–H groups in total. The molecule has 0 radical (unpaired) electrons. The number of rotatable bonds is 9. The molecule has 1 aliphatic heterocycles. The number of amides is 2. The standard InChI is InChI=1S/C23H30BrN3O4/c1-3-16(4-2)19(27-10-12-30-13-11-27)15-25-22(28)17-6-5-7-18(14-17)26-23(29)20-8-9-21(24)31-20/h5-9,14,16,19H,3-4,10-13,15H2,1-2H3,(H,25,28)(H,26,29). The van der Waals surface area contributed by atoms with Crippen molar-refractivity contribution in [1.82, 2.24) is 10.2 Å². The van der Waals surface area contributed by atoms with Crippen LogP contribution in [0.15, 0.2) is 45.5 Å². The summed E-state index contributed by atoms with van der Waals surface area (Å²) < 4.78 is 11.3. The summed E-state index contributed by atoms with van der Waals surface area (Å²) in [6, 6.07) is 10.4. The molecule has 2 amide bonds. The zero-order valence-corrected chi connectivity index (χ0v) is 19.6. The fraction of sp³-hybridized carbons (Fsp3) is 0.478. The lowest BCUT2D eigenvalue weighted by Gasteiger charge is -2.38. The van der Waals surface area contributed by atoms with Crippen LogP contribution in [0.4, 0.5) is 5.69 Å². The third-order valence-electron chi connectivity index (χ3n) is 5.76. The molecule has 1 unspecified atom stereocenters. The predicted octanol–water partition coefficient (Wildman–Crippen LogP) is 4.16. The molecule has 2 heterocycles. The molecule has 1 aromatic heterocycles. The molecular formula is C23H30BrN3O4. The number of furan rings is 1. The van der Waals surface area contributed by atoms with Crippen molar-refractivity contribution in [2.75, 3.05) is 38.2 Å². The molecule has 1 aliphatic rings. The second-order valence-electron chi connectivity index (χ2n) is 7.64. The lowest BCUT2D eigenvalue weighted by Crippen LogP contribution is -2.52. The third-order valence-corrected chi connectivity index (χ3v) is 6.19. The normalized spacial score (nSPS) is 15.6. The second-order valence-corrected chi connectivity index (χ2v) is 8.42. The van der Waals surface area contributed by atoms with E-state index >= 15 is 0 Å². The summed E-state index contributed by atoms with van der Waals surface area (Å²) in [5.74, 6) is 0.183. The molecule has 168 valence electrons. The molecule has 0 saturated carbocycles. The van der Waals surface area contributed by atoms with Crippen LogP contribution in [0.1, 0.15) is 47.6 Å². The number of benzene rings is 1. The smallest absolute Gasteiger partial charge is 0.291 e. The quantitative estimate of drug-likeness (QED) is 0.549. The van der Waals surface area contributed by atoms with Gasteiger partial charge in [0, 0.05) is 36.9 Å². The van der Waals surface area contributed by atoms with Crippen molar-refractivity contribution in [3.05, 3.63) is 52.4 Å². The van der Waals surface area contributed by atoms with E-state index in [1.54, 1.807) is 36.4 Å². The van der Waals surface area contributed by atoms with E-state index in [1.807, 2.05) is 0 Å². The molecule has 1 fully saturated rings. The molecule has 0 aliphatic carbocycles. The first-order chi connectivity index (χ1) is 15.0. The van der Waals surface area contributed by atoms with Crippen molar-refractivity contribution in [3.8, 4) is 0 Å². The van der Waals surface area contributed by atoms with Gasteiger partial charge in [-0.1, -0.05) is 32.8 Å². The Hall–Kier alpha value is -2.16. The highest BCUT2D eigenvalue weighted by Gasteiger charge is 2.27. The van der Waals surface area contributed by atoms with Gasteiger partial charge >= 0.3 is 0 Å². The number of morpholine rings is 1. The largest absolute Gasteiger partial charge is 0.444 e. The van der Waals surface area contributed by atoms with Gasteiger partial charge in [-0.2, -0.15) is 0 Å². The molecular weight excluding hydrogens is 462 g/mol. The zero-order valence-electron chi connectivity index (χ0n) is 18.0. The van der Waals surface area contributed by atoms with E-state index in [-0.39, 0.29) is 23.6 Å². The van der Waals surface area contributed by atoms with Gasteiger partial charge in [0.25, 0.3) is 11.8 Å². The second kappa shape index (κ2) is 11.5. The number of nitrogens with one attached hydrogen (secondary N) is 2. The van der Waals surface area contributed by atoms with E-state index in [9.17, 15) is 9.59 Å². The van der Waals surface area contributed by atoms with Crippen LogP contribution in [0, 0.1) is 5.92 Å². The van der Waals surface area contributed by atoms with Crippen LogP contribution in [0.3, 0.4) is 0 Å². The van der Waals surface area contributed by atoms with Crippen LogP contribution >= 0.6 is 15.9 Å². The van der Waals surface area contributed by atoms with Crippen LogP contribution in [-0.2, 0) is 4.74 Å². The first-order valence-electron chi connectivity index (χ1n) is 10.8. The monoisotopic (exact) mass is 491 g/mol. The van der Waals surface area contributed by atoms with Gasteiger partial charge in [0.05, 0.1) is 13.2 Å². The molecule has 7 nitrogen and oxygen atoms in total. The Kier molecular flexibility index (Phi) is 8.69. The first-order valence-corrected chi connectivity index (χ1v) is 11.6. The molecule has 2 aromatic rings. The van der Waals surface area contributed by atoms with Crippen molar-refractivity contribution < 1.29 is 18.7 Å². The molecule has 8 heteroatoms. The van der Waals surface area contributed by atoms with E-state index in [4.69, 9.17) is 9.15 Å². The molecule has 1 aromatic carbocycles. The Bertz CT molecular complexity index is 875. The molecule has 0 spiro atoms. The third kappa shape index (κ3) is 6.41. The maximum Gasteiger partial charge on any atom is 0.291 e. The fourth-order valence-electron chi connectivity index (χ4n) is 4.00. The van der Waals surface area contributed by atoms with Crippen LogP contribution in [0.2, 0.25) is 0 Å². The van der Waals surface area contributed by atoms with Gasteiger partial charge in [-0.25, -0.2) is 0 Å². The Labute approximate surface area is 191 Å². The number of hydrogen-bond acceptors (Lipinski definition) is 5. The minimum absolute atomic E-state index is 0.152. The van der Waals surface area contributed by atoms with Crippen LogP contribution in [-0.4, -0.2) is 55.6 Å². The van der Waals surface area contributed by atoms with E-state index in [0.717, 1.165) is 39.1 Å². The minimum Gasteiger partial charge on any atom is -0.444 e. The van der Waals surface area contributed by atoms with Crippen molar-refractivity contribution >= 4 is 33.4 Å². The molecule has 1 saturated heterocycles. The molecule has 31 heavy (non-hydrogen) atoms. The van der Waals surface area contributed by atoms with Crippen molar-refractivity contribution in [3.63, 3.8) is 0 Å². The highest BCUT2D eigenvalue weighted by atomic mass is 79.9. The van der Waals surface area contributed by atoms with Crippen molar-refractivity contribution in [2.45, 2.75) is 32.7 Å². The van der Waals surface area contributed by atoms with E-state index in [1.165, 1.54) is 0 Å². The number of ether oxygens (including phenoxy) is 1. The summed E-state index contributed by atoms with van der Waals surface area (Å²) >= 11 is 3.18. The predicted molar refractivity (Wildman–Crippen MR) is 123 cm³/mol. The number of nitrogens with zero attached hydrogens (tertiary/aromatic N) is 1. The maximum absolute atomic E-state index is 12.9. The summed E-state index contributed by atoms with van der Waals surface area (Å²) in [6.45, 7) is 8.24. The molecule has 3 rings (SSSR count). The summed E-state index contributed by atoms with van der Waals surface area (Å²) in [5, 5.41) is 5.87. The van der Waals surface area contributed by atoms with Gasteiger partial charge < -0.3 is 19.8 Å². The fourth-order valence-corrected chi connectivity index (χ4v) is 4.31. The number of carbonyl (C=O) groups is 2. The Morgan fingerprint density at radius 3 is 2.48 bits per heavy atom. The average Bonchev–Trinajstić information content (AvgIpc) is 3.23. The first kappa shape index (κ1) is 23.5. The van der Waals surface area contributed by atoms with Crippen LogP contribution in [0.5, 0.6) is 0 Å². The van der Waals surface area contributed by atoms with Gasteiger partial charge in [0.1, 0.15) is 0 Å². The van der Waals surface area contributed by atoms with Gasteiger partial charge in [-0.05, 0) is 52.2 Å². The number of hydrogen-bond donors (Lipinski definition) is 2. The average molecular weight is 492 g/mol. The van der Waals surface area contributed by atoms with E-state index < -0.39 is 0 Å². The Balaban J connectivity index is 1.63. The number of carbonyl (C=O) groups excluding carboxylic acids is 2. The summed E-state index contributed by atoms with van der Waals surface area (Å²) in [7, 11) is 0. The topological polar surface area (TPSA) is 83.8 Å². The van der Waals surface area contributed by atoms with Crippen LogP contribution < -0.4 is 10.6 Å². The van der Waals surface area contributed by atoms with Crippen LogP contribution in [0.25, 0.3) is 0 Å². The summed E-state index contributed by atoms with van der Waals surface area (Å²) in [4.78, 5) is 27.6. The zero-order chi connectivity index (χ0) is 22.2. The van der Waals surface area contributed by atoms with Crippen molar-refractivity contribution in [2.24, 2.45) is 5.92 Å². The summed E-state index contributed by atoms with van der Waals surface area (Å²) in [6.07, 6.45) is 2.14. The number of anilines is 1.